The van der Waals surface area contributed by atoms with Gasteiger partial charge >= 0.3 is 0 Å². The Balaban J connectivity index is 2.19. The van der Waals surface area contributed by atoms with E-state index in [2.05, 4.69) is 25.8 Å². The van der Waals surface area contributed by atoms with Crippen LogP contribution < -0.4 is 4.90 Å². The van der Waals surface area contributed by atoms with E-state index in [1.807, 2.05) is 12.1 Å². The van der Waals surface area contributed by atoms with E-state index in [0.717, 1.165) is 10.3 Å². The van der Waals surface area contributed by atoms with Gasteiger partial charge < -0.3 is 10.0 Å². The molecule has 0 unspecified atom stereocenters. The first kappa shape index (κ1) is 10.9. The van der Waals surface area contributed by atoms with Crippen molar-refractivity contribution in [1.82, 2.24) is 4.98 Å². The predicted molar refractivity (Wildman–Crippen MR) is 64.0 cm³/mol. The van der Waals surface area contributed by atoms with Gasteiger partial charge in [0.05, 0.1) is 11.1 Å². The lowest BCUT2D eigenvalue weighted by Crippen LogP contribution is -2.42. The quantitative estimate of drug-likeness (QED) is 0.912. The van der Waals surface area contributed by atoms with Gasteiger partial charge in [-0.1, -0.05) is 0 Å². The Kier molecular flexibility index (Phi) is 3.59. The average Bonchev–Trinajstić information content (AvgIpc) is 2.15. The molecule has 0 saturated heterocycles. The first-order valence-electron chi connectivity index (χ1n) is 5.31. The summed E-state index contributed by atoms with van der Waals surface area (Å²) in [5.41, 5.74) is 0. The van der Waals surface area contributed by atoms with Crippen molar-refractivity contribution in [3.05, 3.63) is 22.8 Å². The van der Waals surface area contributed by atoms with E-state index >= 15 is 0 Å². The Labute approximate surface area is 98.3 Å². The normalized spacial score (nSPS) is 16.1. The molecule has 0 atom stereocenters. The predicted octanol–water partition coefficient (Wildman–Crippen LogP) is 2.20. The number of pyridine rings is 1. The zero-order valence-electron chi connectivity index (χ0n) is 8.56. The Morgan fingerprint density at radius 3 is 2.87 bits per heavy atom. The molecule has 1 fully saturated rings. The van der Waals surface area contributed by atoms with Gasteiger partial charge in [0.2, 0.25) is 0 Å². The number of hydrogen-bond acceptors (Lipinski definition) is 3. The molecule has 3 nitrogen and oxygen atoms in total. The molecule has 15 heavy (non-hydrogen) atoms. The minimum atomic E-state index is 0.180. The van der Waals surface area contributed by atoms with Crippen molar-refractivity contribution in [2.24, 2.45) is 0 Å². The summed E-state index contributed by atoms with van der Waals surface area (Å²) in [6.07, 6.45) is 5.51. The topological polar surface area (TPSA) is 36.4 Å². The van der Waals surface area contributed by atoms with Gasteiger partial charge in [0.15, 0.2) is 0 Å². The zero-order valence-corrected chi connectivity index (χ0v) is 10.2. The van der Waals surface area contributed by atoms with Crippen molar-refractivity contribution in [2.75, 3.05) is 18.1 Å². The maximum Gasteiger partial charge on any atom is 0.143 e. The molecule has 0 bridgehead atoms. The number of anilines is 1. The van der Waals surface area contributed by atoms with Gasteiger partial charge in [-0.2, -0.15) is 0 Å². The summed E-state index contributed by atoms with van der Waals surface area (Å²) in [6.45, 7) is 0.847. The monoisotopic (exact) mass is 270 g/mol. The Hall–Kier alpha value is -0.610. The number of aliphatic hydroxyl groups is 1. The molecule has 1 saturated carbocycles. The second-order valence-electron chi connectivity index (χ2n) is 3.81. The lowest BCUT2D eigenvalue weighted by Gasteiger charge is -2.38. The van der Waals surface area contributed by atoms with E-state index in [4.69, 9.17) is 5.11 Å². The van der Waals surface area contributed by atoms with Gasteiger partial charge in [-0.15, -0.1) is 0 Å². The van der Waals surface area contributed by atoms with E-state index in [9.17, 15) is 0 Å². The molecule has 1 heterocycles. The third kappa shape index (κ3) is 2.32. The number of aromatic nitrogens is 1. The summed E-state index contributed by atoms with van der Waals surface area (Å²) in [5, 5.41) is 9.07. The highest BCUT2D eigenvalue weighted by Gasteiger charge is 2.26. The highest BCUT2D eigenvalue weighted by atomic mass is 79.9. The highest BCUT2D eigenvalue weighted by Crippen LogP contribution is 2.31. The molecule has 0 aliphatic heterocycles. The van der Waals surface area contributed by atoms with Gasteiger partial charge in [-0.3, -0.25) is 0 Å². The Morgan fingerprint density at radius 2 is 2.33 bits per heavy atom. The maximum atomic E-state index is 9.07. The third-order valence-electron chi connectivity index (χ3n) is 2.87. The van der Waals surface area contributed by atoms with Crippen LogP contribution in [-0.4, -0.2) is 29.3 Å². The van der Waals surface area contributed by atoms with Crippen LogP contribution in [0.4, 0.5) is 5.82 Å². The zero-order chi connectivity index (χ0) is 10.7. The highest BCUT2D eigenvalue weighted by molar-refractivity contribution is 9.10. The first-order valence-corrected chi connectivity index (χ1v) is 6.10. The molecule has 1 N–H and O–H groups in total. The summed E-state index contributed by atoms with van der Waals surface area (Å²) >= 11 is 3.50. The molecular formula is C11H15BrN2O. The largest absolute Gasteiger partial charge is 0.395 e. The van der Waals surface area contributed by atoms with E-state index in [-0.39, 0.29) is 6.61 Å². The second-order valence-corrected chi connectivity index (χ2v) is 4.66. The summed E-state index contributed by atoms with van der Waals surface area (Å²) < 4.78 is 1.00. The van der Waals surface area contributed by atoms with E-state index < -0.39 is 0 Å². The van der Waals surface area contributed by atoms with Gasteiger partial charge in [-0.25, -0.2) is 4.98 Å². The fourth-order valence-corrected chi connectivity index (χ4v) is 2.34. The molecule has 2 rings (SSSR count). The summed E-state index contributed by atoms with van der Waals surface area (Å²) in [5.74, 6) is 0.955. The average molecular weight is 271 g/mol. The van der Waals surface area contributed by atoms with Crippen LogP contribution in [-0.2, 0) is 0 Å². The number of hydrogen-bond donors (Lipinski definition) is 1. The van der Waals surface area contributed by atoms with Gasteiger partial charge in [-0.05, 0) is 47.3 Å². The Bertz CT molecular complexity index is 328. The number of rotatable bonds is 4. The summed E-state index contributed by atoms with van der Waals surface area (Å²) in [7, 11) is 0. The SMILES string of the molecule is OCCN(c1ncccc1Br)C1CCC1. The minimum Gasteiger partial charge on any atom is -0.395 e. The van der Waals surface area contributed by atoms with Crippen LogP contribution in [0.15, 0.2) is 22.8 Å². The van der Waals surface area contributed by atoms with E-state index in [1.165, 1.54) is 19.3 Å². The fourth-order valence-electron chi connectivity index (χ4n) is 1.86. The van der Waals surface area contributed by atoms with Crippen molar-refractivity contribution < 1.29 is 5.11 Å². The van der Waals surface area contributed by atoms with Crippen LogP contribution in [0.2, 0.25) is 0 Å². The molecule has 1 aliphatic rings. The molecule has 1 aromatic heterocycles. The molecule has 1 aliphatic carbocycles. The van der Waals surface area contributed by atoms with Gasteiger partial charge in [0, 0.05) is 18.8 Å². The van der Waals surface area contributed by atoms with Gasteiger partial charge in [0.1, 0.15) is 5.82 Å². The molecular weight excluding hydrogens is 256 g/mol. The Morgan fingerprint density at radius 1 is 1.53 bits per heavy atom. The fraction of sp³-hybridized carbons (Fsp3) is 0.545. The van der Waals surface area contributed by atoms with Crippen LogP contribution in [0.5, 0.6) is 0 Å². The molecule has 82 valence electrons. The van der Waals surface area contributed by atoms with Crippen molar-refractivity contribution in [3.8, 4) is 0 Å². The molecule has 0 spiro atoms. The smallest absolute Gasteiger partial charge is 0.143 e. The van der Waals surface area contributed by atoms with Crippen molar-refractivity contribution in [1.29, 1.82) is 0 Å². The van der Waals surface area contributed by atoms with Gasteiger partial charge in [0.25, 0.3) is 0 Å². The number of nitrogens with zero attached hydrogens (tertiary/aromatic N) is 2. The van der Waals surface area contributed by atoms with Crippen molar-refractivity contribution in [3.63, 3.8) is 0 Å². The molecule has 4 heteroatoms. The van der Waals surface area contributed by atoms with Crippen LogP contribution in [0.3, 0.4) is 0 Å². The van der Waals surface area contributed by atoms with Crippen molar-refractivity contribution >= 4 is 21.7 Å². The number of halogens is 1. The lowest BCUT2D eigenvalue weighted by atomic mass is 9.91. The standard InChI is InChI=1S/C11H15BrN2O/c12-10-5-2-6-13-11(10)14(7-8-15)9-3-1-4-9/h2,5-6,9,15H,1,3-4,7-8H2. The van der Waals surface area contributed by atoms with Crippen LogP contribution >= 0.6 is 15.9 Å². The minimum absolute atomic E-state index is 0.180. The summed E-state index contributed by atoms with van der Waals surface area (Å²) in [4.78, 5) is 6.57. The first-order chi connectivity index (χ1) is 7.33. The van der Waals surface area contributed by atoms with Crippen LogP contribution in [0, 0.1) is 0 Å². The molecule has 0 radical (unpaired) electrons. The van der Waals surface area contributed by atoms with Crippen LogP contribution in [0.1, 0.15) is 19.3 Å². The van der Waals surface area contributed by atoms with Crippen molar-refractivity contribution in [2.45, 2.75) is 25.3 Å². The van der Waals surface area contributed by atoms with Crippen LogP contribution in [0.25, 0.3) is 0 Å². The second kappa shape index (κ2) is 4.94. The molecule has 1 aromatic rings. The number of aliphatic hydroxyl groups excluding tert-OH is 1. The lowest BCUT2D eigenvalue weighted by molar-refractivity contribution is 0.283. The van der Waals surface area contributed by atoms with E-state index in [0.29, 0.717) is 12.6 Å². The van der Waals surface area contributed by atoms with E-state index in [1.54, 1.807) is 6.20 Å². The third-order valence-corrected chi connectivity index (χ3v) is 3.49. The molecule has 0 amide bonds. The summed E-state index contributed by atoms with van der Waals surface area (Å²) in [6, 6.07) is 4.46. The molecule has 0 aromatic carbocycles. The maximum absolute atomic E-state index is 9.07.